The predicted octanol–water partition coefficient (Wildman–Crippen LogP) is 10.3. The van der Waals surface area contributed by atoms with Gasteiger partial charge in [-0.15, -0.1) is 6.42 Å². The number of fused-ring (bicyclic) bond motifs is 2. The zero-order chi connectivity index (χ0) is 44.0. The second kappa shape index (κ2) is 19.2. The Kier molecular flexibility index (Phi) is 14.9. The quantitative estimate of drug-likeness (QED) is 0.147. The number of ether oxygens (including phenoxy) is 2. The van der Waals surface area contributed by atoms with E-state index in [2.05, 4.69) is 40.0 Å². The third-order valence-electron chi connectivity index (χ3n) is 11.9. The van der Waals surface area contributed by atoms with Crippen molar-refractivity contribution in [3.63, 3.8) is 0 Å². The standard InChI is InChI=1S/C37H42F2N6O.C5H6F6O.C2H6/c1-4-26-28(38)14-13-24-9-5-11-27(30(24)26)33-32(39)34-31-29(42-33)12-6-10-25(23(2)3)21-40-17-18-41-35(31)44-36(43-34)46-22-37-15-7-19-45(37)20-8-16-37;1-3(12-2,4(6,7)8)5(9,10)11;1-2/h1,5,9,11,13-14,23,25,40H,6-8,10,12,15-22H2,2-3H3,(H,41,43,44);1-2H3;1-2H3. The van der Waals surface area contributed by atoms with Crippen LogP contribution in [0.2, 0.25) is 0 Å². The molecule has 16 heteroatoms. The van der Waals surface area contributed by atoms with Gasteiger partial charge in [0, 0.05) is 31.1 Å². The van der Waals surface area contributed by atoms with Gasteiger partial charge in [-0.2, -0.15) is 36.3 Å². The van der Waals surface area contributed by atoms with Gasteiger partial charge in [-0.25, -0.2) is 13.8 Å². The minimum atomic E-state index is -5.46. The van der Waals surface area contributed by atoms with Gasteiger partial charge in [0.1, 0.15) is 29.5 Å². The summed E-state index contributed by atoms with van der Waals surface area (Å²) in [4.78, 5) is 17.1. The van der Waals surface area contributed by atoms with Gasteiger partial charge in [0.25, 0.3) is 5.60 Å². The van der Waals surface area contributed by atoms with Gasteiger partial charge in [0.05, 0.1) is 22.2 Å². The summed E-state index contributed by atoms with van der Waals surface area (Å²) in [6.45, 7) is 13.3. The van der Waals surface area contributed by atoms with Crippen LogP contribution in [-0.2, 0) is 11.2 Å². The molecule has 2 aromatic carbocycles. The van der Waals surface area contributed by atoms with Crippen LogP contribution in [0.15, 0.2) is 30.3 Å². The van der Waals surface area contributed by atoms with Gasteiger partial charge >= 0.3 is 18.4 Å². The highest BCUT2D eigenvalue weighted by Gasteiger charge is 2.68. The lowest BCUT2D eigenvalue weighted by atomic mass is 9.89. The highest BCUT2D eigenvalue weighted by atomic mass is 19.4. The minimum Gasteiger partial charge on any atom is -0.461 e. The third-order valence-corrected chi connectivity index (χ3v) is 11.9. The Morgan fingerprint density at radius 2 is 1.62 bits per heavy atom. The van der Waals surface area contributed by atoms with Crippen molar-refractivity contribution in [1.82, 2.24) is 25.2 Å². The molecule has 0 amide bonds. The van der Waals surface area contributed by atoms with Crippen molar-refractivity contribution in [3.8, 4) is 29.6 Å². The van der Waals surface area contributed by atoms with E-state index in [1.807, 2.05) is 26.0 Å². The Morgan fingerprint density at radius 3 is 2.22 bits per heavy atom. The summed E-state index contributed by atoms with van der Waals surface area (Å²) < 4.78 is 112. The monoisotopic (exact) mass is 850 g/mol. The van der Waals surface area contributed by atoms with Crippen LogP contribution < -0.4 is 15.4 Å². The average Bonchev–Trinajstić information content (AvgIpc) is 3.80. The van der Waals surface area contributed by atoms with E-state index in [4.69, 9.17) is 26.1 Å². The molecule has 1 unspecified atom stereocenters. The molecule has 2 N–H and O–H groups in total. The first-order valence-electron chi connectivity index (χ1n) is 20.5. The van der Waals surface area contributed by atoms with Crippen LogP contribution in [0.4, 0.5) is 40.9 Å². The van der Waals surface area contributed by atoms with E-state index >= 15 is 4.39 Å². The normalized spacial score (nSPS) is 18.6. The van der Waals surface area contributed by atoms with Gasteiger partial charge in [0.2, 0.25) is 0 Å². The molecule has 5 heterocycles. The number of nitrogens with one attached hydrogen (secondary N) is 2. The number of anilines is 1. The number of alkyl halides is 6. The summed E-state index contributed by atoms with van der Waals surface area (Å²) in [5, 5.41) is 8.80. The van der Waals surface area contributed by atoms with Gasteiger partial charge < -0.3 is 20.1 Å². The summed E-state index contributed by atoms with van der Waals surface area (Å²) in [6.07, 6.45) is 1.83. The van der Waals surface area contributed by atoms with E-state index < -0.39 is 29.6 Å². The number of aromatic nitrogens is 3. The highest BCUT2D eigenvalue weighted by molar-refractivity contribution is 6.02. The number of rotatable bonds is 6. The molecular weight excluding hydrogens is 797 g/mol. The fourth-order valence-electron chi connectivity index (χ4n) is 8.28. The summed E-state index contributed by atoms with van der Waals surface area (Å²) >= 11 is 0. The van der Waals surface area contributed by atoms with Crippen molar-refractivity contribution < 1.29 is 44.6 Å². The minimum absolute atomic E-state index is 0.00839. The Labute approximate surface area is 346 Å². The molecule has 2 fully saturated rings. The Morgan fingerprint density at radius 1 is 0.933 bits per heavy atom. The maximum atomic E-state index is 17.0. The van der Waals surface area contributed by atoms with Crippen LogP contribution in [0.3, 0.4) is 0 Å². The molecule has 7 rings (SSSR count). The molecule has 3 aliphatic rings. The van der Waals surface area contributed by atoms with Crippen LogP contribution in [-0.4, -0.2) is 89.8 Å². The predicted molar refractivity (Wildman–Crippen MR) is 218 cm³/mol. The van der Waals surface area contributed by atoms with Gasteiger partial charge in [-0.05, 0) is 94.8 Å². The van der Waals surface area contributed by atoms with Crippen LogP contribution in [0.1, 0.15) is 84.4 Å². The van der Waals surface area contributed by atoms with Gasteiger partial charge in [0.15, 0.2) is 5.82 Å². The second-order valence-electron chi connectivity index (χ2n) is 15.7. The number of aryl methyl sites for hydroxylation is 1. The average molecular weight is 851 g/mol. The lowest BCUT2D eigenvalue weighted by molar-refractivity contribution is -0.367. The van der Waals surface area contributed by atoms with E-state index in [-0.39, 0.29) is 35.2 Å². The molecule has 328 valence electrons. The smallest absolute Gasteiger partial charge is 0.426 e. The van der Waals surface area contributed by atoms with E-state index in [0.29, 0.717) is 66.4 Å². The fourth-order valence-corrected chi connectivity index (χ4v) is 8.28. The zero-order valence-corrected chi connectivity index (χ0v) is 34.9. The van der Waals surface area contributed by atoms with Crippen molar-refractivity contribution >= 4 is 27.5 Å². The number of benzene rings is 2. The van der Waals surface area contributed by atoms with Crippen molar-refractivity contribution in [2.24, 2.45) is 11.8 Å². The van der Waals surface area contributed by atoms with Crippen LogP contribution in [0, 0.1) is 35.8 Å². The largest absolute Gasteiger partial charge is 0.461 e. The number of hydrogen-bond acceptors (Lipinski definition) is 8. The molecule has 8 nitrogen and oxygen atoms in total. The van der Waals surface area contributed by atoms with Crippen LogP contribution in [0.5, 0.6) is 6.01 Å². The first-order valence-corrected chi connectivity index (χ1v) is 20.5. The summed E-state index contributed by atoms with van der Waals surface area (Å²) in [5.41, 5.74) is -2.58. The molecule has 4 aromatic rings. The fraction of sp³-hybridized carbons (Fsp3) is 0.568. The van der Waals surface area contributed by atoms with Crippen molar-refractivity contribution in [2.45, 2.75) is 103 Å². The Hall–Kier alpha value is -4.33. The molecule has 0 bridgehead atoms. The van der Waals surface area contributed by atoms with Crippen molar-refractivity contribution in [3.05, 3.63) is 53.2 Å². The first-order chi connectivity index (χ1) is 28.4. The van der Waals surface area contributed by atoms with Gasteiger partial charge in [-0.3, -0.25) is 4.90 Å². The highest BCUT2D eigenvalue weighted by Crippen LogP contribution is 2.45. The molecule has 1 atom stereocenters. The van der Waals surface area contributed by atoms with Crippen LogP contribution in [0.25, 0.3) is 32.9 Å². The number of pyridine rings is 1. The Balaban J connectivity index is 0.000000422. The third kappa shape index (κ3) is 9.43. The van der Waals surface area contributed by atoms with Crippen molar-refractivity contribution in [1.29, 1.82) is 0 Å². The van der Waals surface area contributed by atoms with E-state index in [0.717, 1.165) is 70.1 Å². The number of nitrogens with zero attached hydrogens (tertiary/aromatic N) is 4. The SMILES string of the molecule is C#Cc1c(F)ccc2cccc(-c3nc4c5c(nc(OCC67CCCN6CCC7)nc5c3F)NCCNCC(C(C)C)CCC4)c12.CC.COC(C)(C(F)(F)F)C(F)(F)F. The van der Waals surface area contributed by atoms with E-state index in [1.165, 1.54) is 6.07 Å². The maximum Gasteiger partial charge on any atom is 0.426 e. The Bertz CT molecular complexity index is 2130. The van der Waals surface area contributed by atoms with Crippen LogP contribution >= 0.6 is 0 Å². The number of halogens is 8. The molecule has 0 saturated carbocycles. The topological polar surface area (TPSA) is 84.4 Å². The lowest BCUT2D eigenvalue weighted by Gasteiger charge is -2.32. The molecule has 60 heavy (non-hydrogen) atoms. The second-order valence-corrected chi connectivity index (χ2v) is 15.7. The molecular formula is C44H54F8N6O2. The maximum absolute atomic E-state index is 17.0. The number of terminal acetylenes is 1. The number of methoxy groups -OCH3 is 1. The van der Waals surface area contributed by atoms with E-state index in [1.54, 1.807) is 12.1 Å². The van der Waals surface area contributed by atoms with Crippen molar-refractivity contribution in [2.75, 3.05) is 51.8 Å². The molecule has 3 aliphatic heterocycles. The van der Waals surface area contributed by atoms with E-state index in [9.17, 15) is 30.7 Å². The molecule has 2 aromatic heterocycles. The number of hydrogen-bond donors (Lipinski definition) is 2. The first kappa shape index (κ1) is 46.7. The zero-order valence-electron chi connectivity index (χ0n) is 34.9. The molecule has 2 saturated heterocycles. The summed E-state index contributed by atoms with van der Waals surface area (Å²) in [6, 6.07) is 8.60. The molecule has 0 radical (unpaired) electrons. The van der Waals surface area contributed by atoms with Gasteiger partial charge in [-0.1, -0.05) is 57.9 Å². The molecule has 0 aliphatic carbocycles. The summed E-state index contributed by atoms with van der Waals surface area (Å²) in [7, 11) is 0.362. The summed E-state index contributed by atoms with van der Waals surface area (Å²) in [5.74, 6) is 2.93. The molecule has 0 spiro atoms. The lowest BCUT2D eigenvalue weighted by Crippen LogP contribution is -2.55.